The first-order valence-corrected chi connectivity index (χ1v) is 8.49. The molecule has 2 aromatic carbocycles. The van der Waals surface area contributed by atoms with E-state index in [0.717, 1.165) is 21.3 Å². The van der Waals surface area contributed by atoms with Gasteiger partial charge in [0, 0.05) is 0 Å². The molecular weight excluding hydrogens is 388 g/mol. The molecule has 1 heterocycles. The highest BCUT2D eigenvalue weighted by atomic mass is 79.9. The minimum atomic E-state index is -0.208. The summed E-state index contributed by atoms with van der Waals surface area (Å²) in [5, 5.41) is 3.98. The van der Waals surface area contributed by atoms with Gasteiger partial charge in [0.05, 0.1) is 24.2 Å². The second-order valence-corrected chi connectivity index (χ2v) is 6.20. The summed E-state index contributed by atoms with van der Waals surface area (Å²) in [4.78, 5) is 12.0. The number of nitrogens with zero attached hydrogens (tertiary/aromatic N) is 1. The fourth-order valence-electron chi connectivity index (χ4n) is 2.36. The number of carbonyl (C=O) groups is 1. The molecule has 0 fully saturated rings. The molecule has 0 atom stereocenters. The Labute approximate surface area is 153 Å². The molecule has 1 amide bonds. The van der Waals surface area contributed by atoms with Gasteiger partial charge in [-0.15, -0.1) is 0 Å². The lowest BCUT2D eigenvalue weighted by Gasteiger charge is -2.18. The van der Waals surface area contributed by atoms with Crippen LogP contribution >= 0.6 is 15.9 Å². The van der Waals surface area contributed by atoms with E-state index in [-0.39, 0.29) is 12.3 Å². The molecule has 0 saturated carbocycles. The number of rotatable bonds is 5. The number of hydrogen-bond donors (Lipinski definition) is 1. The van der Waals surface area contributed by atoms with E-state index < -0.39 is 0 Å². The maximum atomic E-state index is 12.0. The van der Waals surface area contributed by atoms with Gasteiger partial charge < -0.3 is 14.2 Å². The molecule has 0 aliphatic carbocycles. The van der Waals surface area contributed by atoms with E-state index in [1.807, 2.05) is 36.4 Å². The van der Waals surface area contributed by atoms with Crippen LogP contribution in [0.5, 0.6) is 17.2 Å². The molecule has 25 heavy (non-hydrogen) atoms. The van der Waals surface area contributed by atoms with Gasteiger partial charge >= 0.3 is 0 Å². The van der Waals surface area contributed by atoms with Gasteiger partial charge in [-0.1, -0.05) is 6.07 Å². The molecule has 1 N–H and O–H groups in total. The fraction of sp³-hybridized carbons (Fsp3) is 0.222. The molecule has 6 nitrogen and oxygen atoms in total. The average molecular weight is 405 g/mol. The fourth-order valence-corrected chi connectivity index (χ4v) is 2.92. The normalized spacial score (nSPS) is 12.9. The number of fused-ring (bicyclic) bond motifs is 1. The first-order chi connectivity index (χ1) is 12.2. The Balaban J connectivity index is 1.56. The van der Waals surface area contributed by atoms with Crippen molar-refractivity contribution in [2.45, 2.75) is 6.42 Å². The van der Waals surface area contributed by atoms with Crippen LogP contribution in [0.4, 0.5) is 0 Å². The highest BCUT2D eigenvalue weighted by Crippen LogP contribution is 2.30. The molecule has 2 aromatic rings. The van der Waals surface area contributed by atoms with Gasteiger partial charge in [-0.3, -0.25) is 4.79 Å². The van der Waals surface area contributed by atoms with Crippen LogP contribution in [0.1, 0.15) is 11.1 Å². The number of carbonyl (C=O) groups excluding carboxylic acids is 1. The third kappa shape index (κ3) is 4.51. The molecule has 0 unspecified atom stereocenters. The van der Waals surface area contributed by atoms with Gasteiger partial charge in [0.25, 0.3) is 0 Å². The third-order valence-electron chi connectivity index (χ3n) is 3.55. The maximum absolute atomic E-state index is 12.0. The number of hydrogen-bond acceptors (Lipinski definition) is 5. The van der Waals surface area contributed by atoms with Crippen molar-refractivity contribution < 1.29 is 19.0 Å². The largest absolute Gasteiger partial charge is 0.496 e. The van der Waals surface area contributed by atoms with Crippen LogP contribution in [-0.2, 0) is 11.2 Å². The second kappa shape index (κ2) is 8.02. The third-order valence-corrected chi connectivity index (χ3v) is 4.17. The summed E-state index contributed by atoms with van der Waals surface area (Å²) in [5.74, 6) is 1.90. The first-order valence-electron chi connectivity index (χ1n) is 7.69. The lowest BCUT2D eigenvalue weighted by molar-refractivity contribution is -0.120. The van der Waals surface area contributed by atoms with Crippen molar-refractivity contribution in [2.24, 2.45) is 5.10 Å². The quantitative estimate of drug-likeness (QED) is 0.614. The Kier molecular flexibility index (Phi) is 5.55. The van der Waals surface area contributed by atoms with Crippen molar-refractivity contribution in [3.8, 4) is 17.2 Å². The lowest BCUT2D eigenvalue weighted by Crippen LogP contribution is -2.20. The molecular formula is C18H17BrN2O4. The molecule has 130 valence electrons. The van der Waals surface area contributed by atoms with E-state index in [4.69, 9.17) is 14.2 Å². The summed E-state index contributed by atoms with van der Waals surface area (Å²) in [6, 6.07) is 11.0. The molecule has 0 spiro atoms. The van der Waals surface area contributed by atoms with Gasteiger partial charge in [-0.25, -0.2) is 5.43 Å². The lowest BCUT2D eigenvalue weighted by atomic mass is 10.1. The summed E-state index contributed by atoms with van der Waals surface area (Å²) in [5.41, 5.74) is 4.20. The predicted octanol–water partition coefficient (Wildman–Crippen LogP) is 2.92. The van der Waals surface area contributed by atoms with Gasteiger partial charge in [0.1, 0.15) is 19.0 Å². The summed E-state index contributed by atoms with van der Waals surface area (Å²) < 4.78 is 17.0. The van der Waals surface area contributed by atoms with Crippen LogP contribution in [0.2, 0.25) is 0 Å². The van der Waals surface area contributed by atoms with E-state index in [2.05, 4.69) is 26.5 Å². The molecule has 0 bridgehead atoms. The minimum absolute atomic E-state index is 0.208. The van der Waals surface area contributed by atoms with E-state index in [0.29, 0.717) is 24.7 Å². The van der Waals surface area contributed by atoms with Gasteiger partial charge in [0.2, 0.25) is 5.91 Å². The first kappa shape index (κ1) is 17.3. The molecule has 7 heteroatoms. The van der Waals surface area contributed by atoms with Crippen LogP contribution in [0.25, 0.3) is 0 Å². The average Bonchev–Trinajstić information content (AvgIpc) is 2.62. The van der Waals surface area contributed by atoms with Crippen LogP contribution in [0.15, 0.2) is 46.0 Å². The van der Waals surface area contributed by atoms with Crippen LogP contribution in [0, 0.1) is 0 Å². The molecule has 0 aromatic heterocycles. The molecule has 3 rings (SSSR count). The number of nitrogens with one attached hydrogen (secondary N) is 1. The van der Waals surface area contributed by atoms with E-state index in [1.165, 1.54) is 0 Å². The zero-order chi connectivity index (χ0) is 17.6. The van der Waals surface area contributed by atoms with Crippen molar-refractivity contribution in [2.75, 3.05) is 20.3 Å². The second-order valence-electron chi connectivity index (χ2n) is 5.34. The molecule has 1 aliphatic heterocycles. The van der Waals surface area contributed by atoms with Crippen LogP contribution in [0.3, 0.4) is 0 Å². The van der Waals surface area contributed by atoms with Crippen molar-refractivity contribution >= 4 is 28.1 Å². The van der Waals surface area contributed by atoms with E-state index >= 15 is 0 Å². The standard InChI is InChI=1S/C18H17BrN2O4/c1-23-15-4-3-13(8-14(15)19)11-20-21-18(22)10-12-2-5-16-17(9-12)25-7-6-24-16/h2-5,8-9,11H,6-7,10H2,1H3,(H,21,22)/b20-11+. The molecule has 1 aliphatic rings. The molecule has 0 saturated heterocycles. The zero-order valence-corrected chi connectivity index (χ0v) is 15.2. The monoisotopic (exact) mass is 404 g/mol. The minimum Gasteiger partial charge on any atom is -0.496 e. The number of amides is 1. The van der Waals surface area contributed by atoms with Gasteiger partial charge in [-0.05, 0) is 57.4 Å². The number of ether oxygens (including phenoxy) is 3. The topological polar surface area (TPSA) is 69.2 Å². The van der Waals surface area contributed by atoms with Gasteiger partial charge in [0.15, 0.2) is 11.5 Å². The predicted molar refractivity (Wildman–Crippen MR) is 97.6 cm³/mol. The Morgan fingerprint density at radius 1 is 1.24 bits per heavy atom. The van der Waals surface area contributed by atoms with Crippen LogP contribution in [-0.4, -0.2) is 32.4 Å². The Morgan fingerprint density at radius 3 is 2.80 bits per heavy atom. The molecule has 0 radical (unpaired) electrons. The number of halogens is 1. The number of methoxy groups -OCH3 is 1. The van der Waals surface area contributed by atoms with Crippen molar-refractivity contribution in [1.82, 2.24) is 5.43 Å². The Bertz CT molecular complexity index is 808. The van der Waals surface area contributed by atoms with Crippen molar-refractivity contribution in [3.05, 3.63) is 52.0 Å². The summed E-state index contributed by atoms with van der Waals surface area (Å²) in [6.45, 7) is 1.06. The number of hydrazone groups is 1. The van der Waals surface area contributed by atoms with Crippen LogP contribution < -0.4 is 19.6 Å². The summed E-state index contributed by atoms with van der Waals surface area (Å²) in [7, 11) is 1.60. The van der Waals surface area contributed by atoms with Crippen molar-refractivity contribution in [3.63, 3.8) is 0 Å². The number of benzene rings is 2. The summed E-state index contributed by atoms with van der Waals surface area (Å²) >= 11 is 3.41. The maximum Gasteiger partial charge on any atom is 0.244 e. The SMILES string of the molecule is COc1ccc(/C=N/NC(=O)Cc2ccc3c(c2)OCCO3)cc1Br. The Hall–Kier alpha value is -2.54. The smallest absolute Gasteiger partial charge is 0.244 e. The highest BCUT2D eigenvalue weighted by Gasteiger charge is 2.13. The van der Waals surface area contributed by atoms with Crippen molar-refractivity contribution in [1.29, 1.82) is 0 Å². The van der Waals surface area contributed by atoms with Gasteiger partial charge in [-0.2, -0.15) is 5.10 Å². The highest BCUT2D eigenvalue weighted by molar-refractivity contribution is 9.10. The van der Waals surface area contributed by atoms with E-state index in [1.54, 1.807) is 13.3 Å². The summed E-state index contributed by atoms with van der Waals surface area (Å²) in [6.07, 6.45) is 1.78. The van der Waals surface area contributed by atoms with E-state index in [9.17, 15) is 4.79 Å². The zero-order valence-electron chi connectivity index (χ0n) is 13.6. The Morgan fingerprint density at radius 2 is 2.04 bits per heavy atom.